The van der Waals surface area contributed by atoms with Crippen LogP contribution in [0, 0.1) is 13.8 Å². The number of hydrogen-bond donors (Lipinski definition) is 4. The minimum atomic E-state index is -1.62. The van der Waals surface area contributed by atoms with Gasteiger partial charge in [-0.15, -0.1) is 0 Å². The topological polar surface area (TPSA) is 200 Å². The summed E-state index contributed by atoms with van der Waals surface area (Å²) in [5, 5.41) is 27.2. The van der Waals surface area contributed by atoms with Crippen molar-refractivity contribution >= 4 is 162 Å². The number of hydrogen-bond acceptors (Lipinski definition) is 10. The molecule has 330 valence electrons. The van der Waals surface area contributed by atoms with Gasteiger partial charge in [0.15, 0.2) is 11.6 Å². The highest BCUT2D eigenvalue weighted by Gasteiger charge is 2.27. The Morgan fingerprint density at radius 3 is 1.16 bits per heavy atom. The van der Waals surface area contributed by atoms with Crippen molar-refractivity contribution in [1.29, 1.82) is 0 Å². The second-order valence-electron chi connectivity index (χ2n) is 13.6. The molecule has 0 heterocycles. The van der Waals surface area contributed by atoms with Crippen LogP contribution >= 0.6 is 92.8 Å². The highest BCUT2D eigenvalue weighted by Crippen LogP contribution is 2.38. The van der Waals surface area contributed by atoms with Crippen LogP contribution in [0.4, 0.5) is 34.1 Å². The van der Waals surface area contributed by atoms with E-state index in [1.54, 1.807) is 13.8 Å². The third kappa shape index (κ3) is 12.3. The number of halogens is 8. The van der Waals surface area contributed by atoms with Crippen molar-refractivity contribution in [3.05, 3.63) is 135 Å². The molecule has 0 aromatic heterocycles. The highest BCUT2D eigenvalue weighted by molar-refractivity contribution is 6.47. The standard InChI is InChI=1S/C42H30Cl8N8O6/c1-17-18(2)32(52-42(64)36(20(4)60)58-56-26-14-22(12-24(44)16-26)40(62)54-38-30(48)8-6-28(46)34(38)50)10-9-31(17)51-41(63)35(19(3)59)57-55-25-13-21(11-23(43)15-25)39(61)53-37-29(47)7-5-27(45)33(37)49/h5-16,35-36H,1-4H3,(H,51,63)(H,52,64)(H,53,61)(H,54,62). The number of anilines is 4. The lowest BCUT2D eigenvalue weighted by molar-refractivity contribution is -0.127. The largest absolute Gasteiger partial charge is 0.324 e. The normalized spacial score (nSPS) is 12.2. The molecule has 5 aromatic carbocycles. The summed E-state index contributed by atoms with van der Waals surface area (Å²) in [6.45, 7) is 5.60. The van der Waals surface area contributed by atoms with Gasteiger partial charge in [-0.25, -0.2) is 0 Å². The van der Waals surface area contributed by atoms with Crippen LogP contribution in [0.5, 0.6) is 0 Å². The van der Waals surface area contributed by atoms with E-state index in [1.165, 1.54) is 72.8 Å². The van der Waals surface area contributed by atoms with E-state index in [0.717, 1.165) is 13.8 Å². The van der Waals surface area contributed by atoms with Crippen LogP contribution in [0.2, 0.25) is 40.2 Å². The van der Waals surface area contributed by atoms with Gasteiger partial charge in [0.05, 0.1) is 52.9 Å². The Bertz CT molecular complexity index is 2630. The van der Waals surface area contributed by atoms with Crippen molar-refractivity contribution in [2.24, 2.45) is 20.5 Å². The zero-order valence-corrected chi connectivity index (χ0v) is 39.4. The van der Waals surface area contributed by atoms with Crippen molar-refractivity contribution in [2.75, 3.05) is 21.3 Å². The highest BCUT2D eigenvalue weighted by atomic mass is 35.5. The summed E-state index contributed by atoms with van der Waals surface area (Å²) in [5.74, 6) is -4.31. The summed E-state index contributed by atoms with van der Waals surface area (Å²) in [4.78, 5) is 78.2. The first-order chi connectivity index (χ1) is 30.1. The first-order valence-electron chi connectivity index (χ1n) is 18.2. The molecule has 5 rings (SSSR count). The first-order valence-corrected chi connectivity index (χ1v) is 21.2. The van der Waals surface area contributed by atoms with Crippen LogP contribution in [0.25, 0.3) is 0 Å². The van der Waals surface area contributed by atoms with Gasteiger partial charge >= 0.3 is 0 Å². The number of azo groups is 2. The van der Waals surface area contributed by atoms with Gasteiger partial charge in [-0.1, -0.05) is 92.8 Å². The average Bonchev–Trinajstić information content (AvgIpc) is 3.23. The monoisotopic (exact) mass is 1020 g/mol. The fourth-order valence-corrected chi connectivity index (χ4v) is 7.26. The van der Waals surface area contributed by atoms with Gasteiger partial charge < -0.3 is 21.3 Å². The molecule has 0 spiro atoms. The molecule has 0 aliphatic rings. The van der Waals surface area contributed by atoms with E-state index < -0.39 is 47.3 Å². The van der Waals surface area contributed by atoms with E-state index in [9.17, 15) is 28.8 Å². The minimum Gasteiger partial charge on any atom is -0.324 e. The van der Waals surface area contributed by atoms with E-state index >= 15 is 0 Å². The predicted octanol–water partition coefficient (Wildman–Crippen LogP) is 13.4. The van der Waals surface area contributed by atoms with Gasteiger partial charge in [-0.2, -0.15) is 20.5 Å². The van der Waals surface area contributed by atoms with E-state index in [-0.39, 0.29) is 85.4 Å². The van der Waals surface area contributed by atoms with Crippen molar-refractivity contribution in [1.82, 2.24) is 0 Å². The minimum absolute atomic E-state index is 0.0233. The van der Waals surface area contributed by atoms with Gasteiger partial charge in [0.2, 0.25) is 12.1 Å². The molecule has 0 radical (unpaired) electrons. The molecule has 2 unspecified atom stereocenters. The third-order valence-electron chi connectivity index (χ3n) is 9.00. The summed E-state index contributed by atoms with van der Waals surface area (Å²) >= 11 is 49.4. The summed E-state index contributed by atoms with van der Waals surface area (Å²) in [5.41, 5.74) is 1.80. The van der Waals surface area contributed by atoms with E-state index in [4.69, 9.17) is 92.8 Å². The maximum absolute atomic E-state index is 13.4. The van der Waals surface area contributed by atoms with Crippen LogP contribution in [0.3, 0.4) is 0 Å². The maximum atomic E-state index is 13.4. The number of carbonyl (C=O) groups excluding carboxylic acids is 6. The summed E-state index contributed by atoms with van der Waals surface area (Å²) in [7, 11) is 0. The fourth-order valence-electron chi connectivity index (χ4n) is 5.56. The Labute approximate surface area is 405 Å². The number of nitrogens with zero attached hydrogens (tertiary/aromatic N) is 4. The van der Waals surface area contributed by atoms with Crippen molar-refractivity contribution in [3.8, 4) is 0 Å². The van der Waals surface area contributed by atoms with Crippen LogP contribution in [-0.4, -0.2) is 47.3 Å². The molecule has 64 heavy (non-hydrogen) atoms. The molecule has 14 nitrogen and oxygen atoms in total. The second-order valence-corrected chi connectivity index (χ2v) is 16.8. The van der Waals surface area contributed by atoms with Crippen LogP contribution in [0.15, 0.2) is 93.3 Å². The molecule has 0 aliphatic heterocycles. The number of carbonyl (C=O) groups is 6. The Balaban J connectivity index is 1.28. The number of amides is 4. The SMILES string of the molecule is CC(=O)C(N=Nc1cc(Cl)cc(C(=O)Nc2c(Cl)ccc(Cl)c2Cl)c1)C(=O)Nc1ccc(NC(=O)C(N=Nc2cc(Cl)cc(C(=O)Nc3c(Cl)ccc(Cl)c3Cl)c2)C(C)=O)c(C)c1C. The van der Waals surface area contributed by atoms with Gasteiger partial charge in [0, 0.05) is 32.5 Å². The first kappa shape index (κ1) is 49.8. The van der Waals surface area contributed by atoms with E-state index in [1.807, 2.05) is 0 Å². The molecule has 0 saturated carbocycles. The molecule has 5 aromatic rings. The van der Waals surface area contributed by atoms with E-state index in [2.05, 4.69) is 41.7 Å². The lowest BCUT2D eigenvalue weighted by Gasteiger charge is -2.17. The Kier molecular flexibility index (Phi) is 16.9. The molecule has 0 fully saturated rings. The zero-order valence-electron chi connectivity index (χ0n) is 33.3. The quantitative estimate of drug-likeness (QED) is 0.0484. The molecule has 2 atom stereocenters. The third-order valence-corrected chi connectivity index (χ3v) is 11.7. The fraction of sp³-hybridized carbons (Fsp3) is 0.143. The Morgan fingerprint density at radius 2 is 0.812 bits per heavy atom. The molecular weight excluding hydrogens is 996 g/mol. The maximum Gasteiger partial charge on any atom is 0.258 e. The molecular formula is C42H30Cl8N8O6. The average molecular weight is 1030 g/mol. The van der Waals surface area contributed by atoms with Crippen molar-refractivity contribution in [2.45, 2.75) is 39.8 Å². The summed E-state index contributed by atoms with van der Waals surface area (Å²) < 4.78 is 0. The predicted molar refractivity (Wildman–Crippen MR) is 253 cm³/mol. The van der Waals surface area contributed by atoms with Crippen molar-refractivity contribution in [3.63, 3.8) is 0 Å². The number of nitrogens with one attached hydrogen (secondary N) is 4. The number of ketones is 2. The second kappa shape index (κ2) is 21.7. The van der Waals surface area contributed by atoms with Gasteiger partial charge in [0.25, 0.3) is 23.6 Å². The smallest absolute Gasteiger partial charge is 0.258 e. The number of Topliss-reactive ketones (excluding diaryl/α,β-unsaturated/α-hetero) is 2. The molecule has 4 amide bonds. The van der Waals surface area contributed by atoms with Crippen molar-refractivity contribution < 1.29 is 28.8 Å². The Morgan fingerprint density at radius 1 is 0.469 bits per heavy atom. The van der Waals surface area contributed by atoms with Crippen LogP contribution in [0.1, 0.15) is 45.7 Å². The Hall–Kier alpha value is -5.16. The molecule has 0 saturated heterocycles. The van der Waals surface area contributed by atoms with Gasteiger partial charge in [-0.3, -0.25) is 28.8 Å². The molecule has 0 aliphatic carbocycles. The molecule has 4 N–H and O–H groups in total. The van der Waals surface area contributed by atoms with Gasteiger partial charge in [-0.05, 0) is 112 Å². The van der Waals surface area contributed by atoms with Crippen LogP contribution in [-0.2, 0) is 19.2 Å². The summed E-state index contributed by atoms with van der Waals surface area (Å²) in [6.07, 6.45) is 0. The lowest BCUT2D eigenvalue weighted by atomic mass is 10.0. The lowest BCUT2D eigenvalue weighted by Crippen LogP contribution is -2.33. The van der Waals surface area contributed by atoms with E-state index in [0.29, 0.717) is 11.1 Å². The number of rotatable bonds is 14. The summed E-state index contributed by atoms with van der Waals surface area (Å²) in [6, 6.07) is 13.6. The molecule has 0 bridgehead atoms. The number of benzene rings is 5. The van der Waals surface area contributed by atoms with Crippen LogP contribution < -0.4 is 21.3 Å². The zero-order chi connectivity index (χ0) is 47.2. The molecule has 22 heteroatoms. The van der Waals surface area contributed by atoms with Gasteiger partial charge in [0.1, 0.15) is 0 Å².